The summed E-state index contributed by atoms with van der Waals surface area (Å²) in [4.78, 5) is 10.9. The lowest BCUT2D eigenvalue weighted by Gasteiger charge is -2.15. The van der Waals surface area contributed by atoms with Crippen LogP contribution in [0.2, 0.25) is 0 Å². The minimum atomic E-state index is -0.188. The summed E-state index contributed by atoms with van der Waals surface area (Å²) in [7, 11) is 1.40. The Hall–Kier alpha value is -0.870. The Balaban J connectivity index is 2.44. The highest BCUT2D eigenvalue weighted by Gasteiger charge is 2.08. The van der Waals surface area contributed by atoms with Crippen LogP contribution in [0.5, 0.6) is 0 Å². The zero-order chi connectivity index (χ0) is 12.0. The average Bonchev–Trinajstić information content (AvgIpc) is 2.29. The Labute approximate surface area is 104 Å². The van der Waals surface area contributed by atoms with Crippen LogP contribution in [-0.2, 0) is 9.53 Å². The Morgan fingerprint density at radius 3 is 2.81 bits per heavy atom. The third kappa shape index (κ3) is 3.94. The van der Waals surface area contributed by atoms with Gasteiger partial charge in [0.15, 0.2) is 0 Å². The highest BCUT2D eigenvalue weighted by atomic mass is 79.9. The molecule has 0 saturated carbocycles. The van der Waals surface area contributed by atoms with E-state index in [1.165, 1.54) is 12.7 Å². The molecule has 0 aliphatic carbocycles. The van der Waals surface area contributed by atoms with Gasteiger partial charge < -0.3 is 10.1 Å². The number of rotatable bonds is 5. The van der Waals surface area contributed by atoms with Gasteiger partial charge in [0.2, 0.25) is 0 Å². The molecule has 1 aromatic rings. The van der Waals surface area contributed by atoms with E-state index in [1.54, 1.807) is 0 Å². The molecule has 0 spiro atoms. The lowest BCUT2D eigenvalue weighted by atomic mass is 10.1. The fraction of sp³-hybridized carbons (Fsp3) is 0.417. The Kier molecular flexibility index (Phi) is 5.49. The van der Waals surface area contributed by atoms with Crippen molar-refractivity contribution in [1.29, 1.82) is 0 Å². The minimum Gasteiger partial charge on any atom is -0.469 e. The maximum Gasteiger partial charge on any atom is 0.306 e. The molecule has 0 heterocycles. The molecule has 0 amide bonds. The highest BCUT2D eigenvalue weighted by Crippen LogP contribution is 2.22. The molecule has 0 saturated heterocycles. The Morgan fingerprint density at radius 1 is 1.50 bits per heavy atom. The fourth-order valence-corrected chi connectivity index (χ4v) is 2.06. The van der Waals surface area contributed by atoms with Crippen LogP contribution < -0.4 is 5.32 Å². The molecule has 0 aliphatic rings. The number of esters is 1. The summed E-state index contributed by atoms with van der Waals surface area (Å²) >= 11 is 3.50. The quantitative estimate of drug-likeness (QED) is 0.846. The standard InChI is InChI=1S/C12H16BrNO2/c1-9(14-8-7-12(15)16-2)10-5-3-4-6-11(10)13/h3-6,9,14H,7-8H2,1-2H3. The molecule has 1 atom stereocenters. The lowest BCUT2D eigenvalue weighted by molar-refractivity contribution is -0.140. The van der Waals surface area contributed by atoms with E-state index in [9.17, 15) is 4.79 Å². The molecule has 1 unspecified atom stereocenters. The summed E-state index contributed by atoms with van der Waals surface area (Å²) in [6.45, 7) is 2.69. The number of halogens is 1. The molecule has 1 N–H and O–H groups in total. The van der Waals surface area contributed by atoms with Gasteiger partial charge >= 0.3 is 5.97 Å². The summed E-state index contributed by atoms with van der Waals surface area (Å²) < 4.78 is 5.65. The Bertz CT molecular complexity index is 355. The monoisotopic (exact) mass is 285 g/mol. The second-order valence-corrected chi connectivity index (χ2v) is 4.38. The van der Waals surface area contributed by atoms with Crippen LogP contribution >= 0.6 is 15.9 Å². The van der Waals surface area contributed by atoms with Gasteiger partial charge in [-0.2, -0.15) is 0 Å². The summed E-state index contributed by atoms with van der Waals surface area (Å²) in [5, 5.41) is 3.27. The van der Waals surface area contributed by atoms with Gasteiger partial charge in [-0.3, -0.25) is 4.79 Å². The number of hydrogen-bond acceptors (Lipinski definition) is 3. The number of methoxy groups -OCH3 is 1. The van der Waals surface area contributed by atoms with Crippen molar-refractivity contribution in [2.75, 3.05) is 13.7 Å². The molecular formula is C12H16BrNO2. The van der Waals surface area contributed by atoms with Crippen LogP contribution in [0.15, 0.2) is 28.7 Å². The predicted octanol–water partition coefficient (Wildman–Crippen LogP) is 2.66. The summed E-state index contributed by atoms with van der Waals surface area (Å²) in [6, 6.07) is 8.25. The van der Waals surface area contributed by atoms with Gasteiger partial charge in [0.05, 0.1) is 13.5 Å². The Morgan fingerprint density at radius 2 is 2.19 bits per heavy atom. The first-order chi connectivity index (χ1) is 7.65. The maximum atomic E-state index is 10.9. The average molecular weight is 286 g/mol. The molecule has 16 heavy (non-hydrogen) atoms. The van der Waals surface area contributed by atoms with E-state index in [0.717, 1.165) is 4.47 Å². The molecule has 4 heteroatoms. The van der Waals surface area contributed by atoms with Crippen LogP contribution in [-0.4, -0.2) is 19.6 Å². The minimum absolute atomic E-state index is 0.188. The van der Waals surface area contributed by atoms with E-state index in [0.29, 0.717) is 13.0 Å². The van der Waals surface area contributed by atoms with Gasteiger partial charge in [-0.15, -0.1) is 0 Å². The third-order valence-corrected chi connectivity index (χ3v) is 3.10. The van der Waals surface area contributed by atoms with Crippen molar-refractivity contribution in [1.82, 2.24) is 5.32 Å². The van der Waals surface area contributed by atoms with Gasteiger partial charge in [0, 0.05) is 17.1 Å². The van der Waals surface area contributed by atoms with E-state index in [1.807, 2.05) is 18.2 Å². The third-order valence-electron chi connectivity index (χ3n) is 2.38. The zero-order valence-corrected chi connectivity index (χ0v) is 11.1. The van der Waals surface area contributed by atoms with Crippen molar-refractivity contribution in [3.8, 4) is 0 Å². The van der Waals surface area contributed by atoms with Crippen LogP contribution in [0.1, 0.15) is 24.9 Å². The number of nitrogens with one attached hydrogen (secondary N) is 1. The van der Waals surface area contributed by atoms with Crippen molar-refractivity contribution in [2.24, 2.45) is 0 Å². The maximum absolute atomic E-state index is 10.9. The smallest absolute Gasteiger partial charge is 0.306 e. The number of hydrogen-bond donors (Lipinski definition) is 1. The first kappa shape index (κ1) is 13.2. The topological polar surface area (TPSA) is 38.3 Å². The van der Waals surface area contributed by atoms with Gasteiger partial charge in [-0.1, -0.05) is 34.1 Å². The molecule has 1 rings (SSSR count). The van der Waals surface area contributed by atoms with E-state index >= 15 is 0 Å². The molecule has 0 aromatic heterocycles. The number of ether oxygens (including phenoxy) is 1. The van der Waals surface area contributed by atoms with E-state index in [2.05, 4.69) is 39.0 Å². The van der Waals surface area contributed by atoms with Crippen molar-refractivity contribution in [2.45, 2.75) is 19.4 Å². The van der Waals surface area contributed by atoms with E-state index in [-0.39, 0.29) is 12.0 Å². The van der Waals surface area contributed by atoms with E-state index in [4.69, 9.17) is 0 Å². The predicted molar refractivity (Wildman–Crippen MR) is 67.2 cm³/mol. The molecule has 0 radical (unpaired) electrons. The SMILES string of the molecule is COC(=O)CCNC(C)c1ccccc1Br. The molecular weight excluding hydrogens is 270 g/mol. The van der Waals surface area contributed by atoms with Gasteiger partial charge in [0.25, 0.3) is 0 Å². The second kappa shape index (κ2) is 6.66. The molecule has 88 valence electrons. The summed E-state index contributed by atoms with van der Waals surface area (Å²) in [6.07, 6.45) is 0.394. The zero-order valence-electron chi connectivity index (χ0n) is 9.50. The largest absolute Gasteiger partial charge is 0.469 e. The first-order valence-electron chi connectivity index (χ1n) is 5.19. The highest BCUT2D eigenvalue weighted by molar-refractivity contribution is 9.10. The molecule has 0 bridgehead atoms. The number of carbonyl (C=O) groups excluding carboxylic acids is 1. The van der Waals surface area contributed by atoms with Crippen LogP contribution in [0.4, 0.5) is 0 Å². The van der Waals surface area contributed by atoms with Gasteiger partial charge in [-0.25, -0.2) is 0 Å². The number of benzene rings is 1. The van der Waals surface area contributed by atoms with E-state index < -0.39 is 0 Å². The molecule has 0 aliphatic heterocycles. The molecule has 3 nitrogen and oxygen atoms in total. The molecule has 0 fully saturated rings. The molecule has 1 aromatic carbocycles. The summed E-state index contributed by atoms with van der Waals surface area (Å²) in [5.41, 5.74) is 1.19. The summed E-state index contributed by atoms with van der Waals surface area (Å²) in [5.74, 6) is -0.188. The number of carbonyl (C=O) groups is 1. The first-order valence-corrected chi connectivity index (χ1v) is 5.99. The van der Waals surface area contributed by atoms with Gasteiger partial charge in [-0.05, 0) is 18.6 Å². The fourth-order valence-electron chi connectivity index (χ4n) is 1.43. The van der Waals surface area contributed by atoms with Gasteiger partial charge in [0.1, 0.15) is 0 Å². The van der Waals surface area contributed by atoms with Crippen molar-refractivity contribution in [3.05, 3.63) is 34.3 Å². The normalized spacial score (nSPS) is 12.2. The van der Waals surface area contributed by atoms with Crippen molar-refractivity contribution >= 4 is 21.9 Å². The second-order valence-electron chi connectivity index (χ2n) is 3.52. The van der Waals surface area contributed by atoms with Crippen LogP contribution in [0.3, 0.4) is 0 Å². The lowest BCUT2D eigenvalue weighted by Crippen LogP contribution is -2.22. The van der Waals surface area contributed by atoms with Crippen LogP contribution in [0.25, 0.3) is 0 Å². The van der Waals surface area contributed by atoms with Crippen molar-refractivity contribution in [3.63, 3.8) is 0 Å². The van der Waals surface area contributed by atoms with Crippen molar-refractivity contribution < 1.29 is 9.53 Å². The van der Waals surface area contributed by atoms with Crippen LogP contribution in [0, 0.1) is 0 Å².